The average Bonchev–Trinajstić information content (AvgIpc) is 2.63. The number of hydrogen-bond donors (Lipinski definition) is 2. The lowest BCUT2D eigenvalue weighted by Gasteiger charge is -2.25. The van der Waals surface area contributed by atoms with Crippen LogP contribution in [0.1, 0.15) is 36.0 Å². The molecule has 0 spiro atoms. The smallest absolute Gasteiger partial charge is 0.337 e. The van der Waals surface area contributed by atoms with Gasteiger partial charge in [-0.25, -0.2) is 9.59 Å². The number of aryl methyl sites for hydroxylation is 1. The van der Waals surface area contributed by atoms with Gasteiger partial charge in [0.05, 0.1) is 16.6 Å². The molecule has 5 nitrogen and oxygen atoms in total. The van der Waals surface area contributed by atoms with Crippen LogP contribution in [-0.2, 0) is 6.54 Å². The molecule has 0 saturated heterocycles. The molecule has 0 atom stereocenters. The molecule has 1 fully saturated rings. The molecule has 2 N–H and O–H groups in total. The summed E-state index contributed by atoms with van der Waals surface area (Å²) in [7, 11) is 0. The highest BCUT2D eigenvalue weighted by atomic mass is 16.4. The maximum Gasteiger partial charge on any atom is 0.337 e. The Morgan fingerprint density at radius 3 is 2.84 bits per heavy atom. The maximum absolute atomic E-state index is 11.9. The predicted octanol–water partition coefficient (Wildman–Crippen LogP) is 2.22. The molecule has 0 radical (unpaired) electrons. The number of aromatic amines is 1. The lowest BCUT2D eigenvalue weighted by atomic mass is 9.83. The number of nitrogens with one attached hydrogen (secondary N) is 1. The van der Waals surface area contributed by atoms with Crippen LogP contribution in [-0.4, -0.2) is 20.6 Å². The minimum Gasteiger partial charge on any atom is -0.478 e. The largest absolute Gasteiger partial charge is 0.478 e. The van der Waals surface area contributed by atoms with Crippen LogP contribution in [0.3, 0.4) is 0 Å². The minimum absolute atomic E-state index is 0.150. The van der Waals surface area contributed by atoms with Crippen LogP contribution >= 0.6 is 0 Å². The van der Waals surface area contributed by atoms with Crippen molar-refractivity contribution in [3.05, 3.63) is 34.2 Å². The van der Waals surface area contributed by atoms with Crippen molar-refractivity contribution in [1.82, 2.24) is 9.55 Å². The molecule has 5 heteroatoms. The number of aromatic carboxylic acids is 1. The fourth-order valence-corrected chi connectivity index (χ4v) is 2.67. The van der Waals surface area contributed by atoms with E-state index in [1.807, 2.05) is 0 Å². The Bertz CT molecular complexity index is 680. The Balaban J connectivity index is 1.99. The molecule has 2 aromatic rings. The van der Waals surface area contributed by atoms with E-state index in [-0.39, 0.29) is 11.3 Å². The first-order valence-corrected chi connectivity index (χ1v) is 6.61. The van der Waals surface area contributed by atoms with Gasteiger partial charge >= 0.3 is 11.7 Å². The Labute approximate surface area is 109 Å². The van der Waals surface area contributed by atoms with Crippen molar-refractivity contribution in [2.24, 2.45) is 5.92 Å². The fraction of sp³-hybridized carbons (Fsp3) is 0.429. The fourth-order valence-electron chi connectivity index (χ4n) is 2.67. The SMILES string of the molecule is O=C(O)c1cccc2c1[nH]c(=O)n2CCC1CCC1. The van der Waals surface area contributed by atoms with Crippen molar-refractivity contribution >= 4 is 17.0 Å². The van der Waals surface area contributed by atoms with E-state index in [1.165, 1.54) is 25.3 Å². The highest BCUT2D eigenvalue weighted by Gasteiger charge is 2.19. The van der Waals surface area contributed by atoms with Crippen molar-refractivity contribution in [2.75, 3.05) is 0 Å². The summed E-state index contributed by atoms with van der Waals surface area (Å²) in [6.45, 7) is 0.659. The summed E-state index contributed by atoms with van der Waals surface area (Å²) in [5, 5.41) is 9.12. The van der Waals surface area contributed by atoms with E-state index >= 15 is 0 Å². The molecule has 1 heterocycles. The van der Waals surface area contributed by atoms with Gasteiger partial charge in [0.15, 0.2) is 0 Å². The van der Waals surface area contributed by atoms with Crippen LogP contribution in [0.15, 0.2) is 23.0 Å². The number of hydrogen-bond acceptors (Lipinski definition) is 2. The van der Waals surface area contributed by atoms with Gasteiger partial charge in [0.25, 0.3) is 0 Å². The van der Waals surface area contributed by atoms with Gasteiger partial charge in [-0.3, -0.25) is 4.57 Å². The number of aromatic nitrogens is 2. The van der Waals surface area contributed by atoms with Crippen molar-refractivity contribution in [2.45, 2.75) is 32.2 Å². The number of fused-ring (bicyclic) bond motifs is 1. The monoisotopic (exact) mass is 260 g/mol. The lowest BCUT2D eigenvalue weighted by Crippen LogP contribution is -2.20. The number of benzene rings is 1. The van der Waals surface area contributed by atoms with E-state index in [2.05, 4.69) is 4.98 Å². The topological polar surface area (TPSA) is 75.1 Å². The van der Waals surface area contributed by atoms with E-state index in [0.29, 0.717) is 17.6 Å². The van der Waals surface area contributed by atoms with E-state index in [1.54, 1.807) is 16.7 Å². The number of carbonyl (C=O) groups is 1. The van der Waals surface area contributed by atoms with Crippen molar-refractivity contribution < 1.29 is 9.90 Å². The quantitative estimate of drug-likeness (QED) is 0.885. The number of carboxylic acid groups (broad SMARTS) is 1. The molecule has 0 aliphatic heterocycles. The molecular weight excluding hydrogens is 244 g/mol. The second-order valence-electron chi connectivity index (χ2n) is 5.17. The molecule has 3 rings (SSSR count). The number of imidazole rings is 1. The minimum atomic E-state index is -1.02. The lowest BCUT2D eigenvalue weighted by molar-refractivity contribution is 0.0699. The number of nitrogens with zero attached hydrogens (tertiary/aromatic N) is 1. The Kier molecular flexibility index (Phi) is 2.89. The van der Waals surface area contributed by atoms with E-state index in [4.69, 9.17) is 5.11 Å². The summed E-state index contributed by atoms with van der Waals surface area (Å²) < 4.78 is 1.65. The molecule has 1 aromatic heterocycles. The van der Waals surface area contributed by atoms with Crippen molar-refractivity contribution in [3.63, 3.8) is 0 Å². The molecule has 1 aromatic carbocycles. The van der Waals surface area contributed by atoms with E-state index in [9.17, 15) is 9.59 Å². The zero-order valence-corrected chi connectivity index (χ0v) is 10.6. The average molecular weight is 260 g/mol. The Hall–Kier alpha value is -2.04. The molecule has 1 saturated carbocycles. The molecule has 0 bridgehead atoms. The highest BCUT2D eigenvalue weighted by molar-refractivity contribution is 6.00. The molecular formula is C14H16N2O3. The van der Waals surface area contributed by atoms with Crippen LogP contribution in [0, 0.1) is 5.92 Å². The van der Waals surface area contributed by atoms with E-state index in [0.717, 1.165) is 12.3 Å². The van der Waals surface area contributed by atoms with Crippen LogP contribution in [0.25, 0.3) is 11.0 Å². The van der Waals surface area contributed by atoms with Gasteiger partial charge in [0, 0.05) is 6.54 Å². The Morgan fingerprint density at radius 2 is 2.21 bits per heavy atom. The summed E-state index contributed by atoms with van der Waals surface area (Å²) in [5.41, 5.74) is 1.04. The third-order valence-corrected chi connectivity index (χ3v) is 4.03. The maximum atomic E-state index is 11.9. The van der Waals surface area contributed by atoms with Crippen LogP contribution in [0.4, 0.5) is 0 Å². The molecule has 100 valence electrons. The first kappa shape index (κ1) is 12.0. The third kappa shape index (κ3) is 2.05. The number of H-pyrrole nitrogens is 1. The van der Waals surface area contributed by atoms with Gasteiger partial charge < -0.3 is 10.1 Å². The van der Waals surface area contributed by atoms with Crippen molar-refractivity contribution in [3.8, 4) is 0 Å². The normalized spacial score (nSPS) is 15.6. The highest BCUT2D eigenvalue weighted by Crippen LogP contribution is 2.30. The summed E-state index contributed by atoms with van der Waals surface area (Å²) in [5.74, 6) is -0.294. The van der Waals surface area contributed by atoms with Gasteiger partial charge in [-0.05, 0) is 24.5 Å². The molecule has 0 unspecified atom stereocenters. The first-order valence-electron chi connectivity index (χ1n) is 6.61. The molecule has 1 aliphatic carbocycles. The summed E-state index contributed by atoms with van der Waals surface area (Å²) in [6, 6.07) is 4.98. The van der Waals surface area contributed by atoms with Gasteiger partial charge in [-0.1, -0.05) is 25.3 Å². The zero-order valence-electron chi connectivity index (χ0n) is 10.6. The van der Waals surface area contributed by atoms with Crippen LogP contribution in [0.5, 0.6) is 0 Å². The summed E-state index contributed by atoms with van der Waals surface area (Å²) in [6.07, 6.45) is 4.77. The van der Waals surface area contributed by atoms with Gasteiger partial charge in [0.2, 0.25) is 0 Å². The van der Waals surface area contributed by atoms with Crippen molar-refractivity contribution in [1.29, 1.82) is 0 Å². The van der Waals surface area contributed by atoms with Crippen LogP contribution < -0.4 is 5.69 Å². The number of para-hydroxylation sites is 1. The zero-order chi connectivity index (χ0) is 13.4. The van der Waals surface area contributed by atoms with Gasteiger partial charge in [0.1, 0.15) is 0 Å². The number of rotatable bonds is 4. The summed E-state index contributed by atoms with van der Waals surface area (Å²) >= 11 is 0. The summed E-state index contributed by atoms with van der Waals surface area (Å²) in [4.78, 5) is 25.7. The van der Waals surface area contributed by atoms with E-state index < -0.39 is 5.97 Å². The van der Waals surface area contributed by atoms with Crippen LogP contribution in [0.2, 0.25) is 0 Å². The molecule has 0 amide bonds. The molecule has 1 aliphatic rings. The second-order valence-corrected chi connectivity index (χ2v) is 5.17. The first-order chi connectivity index (χ1) is 9.16. The molecule has 19 heavy (non-hydrogen) atoms. The predicted molar refractivity (Wildman–Crippen MR) is 71.5 cm³/mol. The second kappa shape index (κ2) is 4.57. The van der Waals surface area contributed by atoms with Gasteiger partial charge in [-0.2, -0.15) is 0 Å². The third-order valence-electron chi connectivity index (χ3n) is 4.03. The standard InChI is InChI=1S/C14H16N2O3/c17-13(18)10-5-2-6-11-12(10)15-14(19)16(11)8-7-9-3-1-4-9/h2,5-6,9H,1,3-4,7-8H2,(H,15,19)(H,17,18). The van der Waals surface area contributed by atoms with Gasteiger partial charge in [-0.15, -0.1) is 0 Å². The number of carboxylic acids is 1. The Morgan fingerprint density at radius 1 is 1.42 bits per heavy atom.